The third-order valence-electron chi connectivity index (χ3n) is 1.60. The number of rotatable bonds is 2. The van der Waals surface area contributed by atoms with Crippen LogP contribution >= 0.6 is 0 Å². The van der Waals surface area contributed by atoms with Gasteiger partial charge in [0.1, 0.15) is 0 Å². The van der Waals surface area contributed by atoms with Crippen molar-refractivity contribution in [2.24, 2.45) is 0 Å². The molecule has 0 unspecified atom stereocenters. The van der Waals surface area contributed by atoms with Gasteiger partial charge >= 0.3 is 7.12 Å². The van der Waals surface area contributed by atoms with Crippen LogP contribution in [0, 0.1) is 0 Å². The second-order valence-electron chi connectivity index (χ2n) is 2.65. The molecular formula is C8H7B3O2. The fourth-order valence-electron chi connectivity index (χ4n) is 1.06. The Morgan fingerprint density at radius 1 is 1.23 bits per heavy atom. The molecule has 1 aromatic rings. The number of benzene rings is 1. The van der Waals surface area contributed by atoms with E-state index in [4.69, 9.17) is 25.7 Å². The van der Waals surface area contributed by atoms with Crippen LogP contribution in [0.4, 0.5) is 0 Å². The predicted molar refractivity (Wildman–Crippen MR) is 55.8 cm³/mol. The van der Waals surface area contributed by atoms with E-state index in [0.29, 0.717) is 11.0 Å². The van der Waals surface area contributed by atoms with Gasteiger partial charge in [0, 0.05) is 0 Å². The summed E-state index contributed by atoms with van der Waals surface area (Å²) in [6.45, 7) is 0. The maximum Gasteiger partial charge on any atom is 0.489 e. The molecule has 1 rings (SSSR count). The molecule has 4 radical (unpaired) electrons. The Bertz CT molecular complexity index is 319. The maximum absolute atomic E-state index is 8.96. The van der Waals surface area contributed by atoms with Gasteiger partial charge in [0.2, 0.25) is 0 Å². The van der Waals surface area contributed by atoms with Gasteiger partial charge in [-0.25, -0.2) is 0 Å². The van der Waals surface area contributed by atoms with Crippen LogP contribution in [-0.4, -0.2) is 32.9 Å². The molecule has 0 aliphatic carbocycles. The lowest BCUT2D eigenvalue weighted by Gasteiger charge is -2.04. The molecule has 0 aliphatic heterocycles. The highest BCUT2D eigenvalue weighted by Crippen LogP contribution is 2.01. The highest BCUT2D eigenvalue weighted by molar-refractivity contribution is 6.60. The van der Waals surface area contributed by atoms with Crippen LogP contribution in [0.1, 0.15) is 5.56 Å². The quantitative estimate of drug-likeness (QED) is 0.555. The minimum atomic E-state index is -1.51. The van der Waals surface area contributed by atoms with Crippen molar-refractivity contribution in [3.8, 4) is 0 Å². The lowest BCUT2D eigenvalue weighted by atomic mass is 9.73. The zero-order valence-electron chi connectivity index (χ0n) is 7.01. The second-order valence-corrected chi connectivity index (χ2v) is 2.65. The first-order valence-electron chi connectivity index (χ1n) is 3.79. The van der Waals surface area contributed by atoms with Crippen LogP contribution < -0.4 is 5.46 Å². The topological polar surface area (TPSA) is 40.5 Å². The molecule has 0 fully saturated rings. The lowest BCUT2D eigenvalue weighted by Crippen LogP contribution is -2.31. The van der Waals surface area contributed by atoms with E-state index in [1.165, 1.54) is 6.08 Å². The molecule has 0 atom stereocenters. The Balaban J connectivity index is 3.12. The molecule has 0 bridgehead atoms. The van der Waals surface area contributed by atoms with Crippen molar-refractivity contribution in [3.63, 3.8) is 0 Å². The lowest BCUT2D eigenvalue weighted by molar-refractivity contribution is 0.425. The van der Waals surface area contributed by atoms with Crippen molar-refractivity contribution in [3.05, 3.63) is 35.2 Å². The van der Waals surface area contributed by atoms with Crippen molar-refractivity contribution >= 4 is 34.3 Å². The van der Waals surface area contributed by atoms with E-state index in [0.717, 1.165) is 0 Å². The Morgan fingerprint density at radius 3 is 2.38 bits per heavy atom. The van der Waals surface area contributed by atoms with Crippen LogP contribution in [-0.2, 0) is 0 Å². The zero-order valence-corrected chi connectivity index (χ0v) is 7.01. The molecule has 1 aromatic carbocycles. The maximum atomic E-state index is 8.96. The van der Waals surface area contributed by atoms with E-state index < -0.39 is 7.12 Å². The largest absolute Gasteiger partial charge is 0.489 e. The molecular weight excluding hydrogens is 161 g/mol. The van der Waals surface area contributed by atoms with Crippen molar-refractivity contribution in [1.29, 1.82) is 0 Å². The van der Waals surface area contributed by atoms with E-state index in [1.54, 1.807) is 24.3 Å². The molecule has 2 nitrogen and oxygen atoms in total. The van der Waals surface area contributed by atoms with Gasteiger partial charge in [0.05, 0.1) is 15.7 Å². The zero-order chi connectivity index (χ0) is 9.84. The van der Waals surface area contributed by atoms with Gasteiger partial charge in [0.15, 0.2) is 0 Å². The van der Waals surface area contributed by atoms with Crippen molar-refractivity contribution in [1.82, 2.24) is 0 Å². The first-order chi connectivity index (χ1) is 6.11. The van der Waals surface area contributed by atoms with E-state index in [1.807, 2.05) is 0 Å². The summed E-state index contributed by atoms with van der Waals surface area (Å²) in [5.41, 5.74) is 0.994. The fourth-order valence-corrected chi connectivity index (χ4v) is 1.06. The molecule has 60 valence electrons. The highest BCUT2D eigenvalue weighted by Gasteiger charge is 2.13. The average Bonchev–Trinajstić information content (AvgIpc) is 2.03. The summed E-state index contributed by atoms with van der Waals surface area (Å²) in [5, 5.41) is 18.1. The molecule has 5 heteroatoms. The van der Waals surface area contributed by atoms with Crippen LogP contribution in [0.2, 0.25) is 0 Å². The van der Waals surface area contributed by atoms with Crippen LogP contribution in [0.5, 0.6) is 0 Å². The third kappa shape index (κ3) is 2.79. The Labute approximate surface area is 80.3 Å². The summed E-state index contributed by atoms with van der Waals surface area (Å²) >= 11 is 0. The standard InChI is InChI=1S/C8H7B3O2/c9-8(10)5-6-3-1-2-4-7(6)11(12)13/h1-5,12-13H. The molecule has 13 heavy (non-hydrogen) atoms. The third-order valence-corrected chi connectivity index (χ3v) is 1.60. The first kappa shape index (κ1) is 10.2. The molecule has 0 amide bonds. The summed E-state index contributed by atoms with van der Waals surface area (Å²) in [5.74, 6) is 0. The highest BCUT2D eigenvalue weighted by atomic mass is 16.4. The predicted octanol–water partition coefficient (Wildman–Crippen LogP) is -0.998. The Hall–Kier alpha value is -0.925. The van der Waals surface area contributed by atoms with Crippen LogP contribution in [0.25, 0.3) is 6.08 Å². The van der Waals surface area contributed by atoms with Gasteiger partial charge in [-0.1, -0.05) is 30.3 Å². The fraction of sp³-hybridized carbons (Fsp3) is 0. The van der Waals surface area contributed by atoms with E-state index in [9.17, 15) is 0 Å². The van der Waals surface area contributed by atoms with Crippen molar-refractivity contribution < 1.29 is 10.0 Å². The summed E-state index contributed by atoms with van der Waals surface area (Å²) in [7, 11) is 9.03. The summed E-state index contributed by atoms with van der Waals surface area (Å²) in [6.07, 6.45) is 1.48. The second kappa shape index (κ2) is 4.35. The molecule has 0 spiro atoms. The Kier molecular flexibility index (Phi) is 3.40. The van der Waals surface area contributed by atoms with Gasteiger partial charge in [-0.2, -0.15) is 5.37 Å². The molecule has 0 aromatic heterocycles. The molecule has 0 heterocycles. The van der Waals surface area contributed by atoms with E-state index in [2.05, 4.69) is 0 Å². The normalized spacial score (nSPS) is 9.38. The van der Waals surface area contributed by atoms with E-state index in [-0.39, 0.29) is 5.37 Å². The summed E-state index contributed by atoms with van der Waals surface area (Å²) < 4.78 is 0. The van der Waals surface area contributed by atoms with Gasteiger partial charge in [-0.15, -0.1) is 0 Å². The first-order valence-corrected chi connectivity index (χ1v) is 3.79. The number of hydrogen-bond donors (Lipinski definition) is 2. The Morgan fingerprint density at radius 2 is 1.85 bits per heavy atom. The monoisotopic (exact) mass is 168 g/mol. The van der Waals surface area contributed by atoms with Crippen molar-refractivity contribution in [2.45, 2.75) is 0 Å². The number of hydrogen-bond acceptors (Lipinski definition) is 2. The van der Waals surface area contributed by atoms with Gasteiger partial charge in [0.25, 0.3) is 0 Å². The minimum Gasteiger partial charge on any atom is -0.423 e. The molecule has 0 saturated carbocycles. The minimum absolute atomic E-state index is 0.133. The van der Waals surface area contributed by atoms with Gasteiger partial charge in [-0.05, 0) is 11.0 Å². The van der Waals surface area contributed by atoms with Crippen molar-refractivity contribution in [2.75, 3.05) is 0 Å². The average molecular weight is 168 g/mol. The summed E-state index contributed by atoms with van der Waals surface area (Å²) in [6, 6.07) is 6.77. The summed E-state index contributed by atoms with van der Waals surface area (Å²) in [4.78, 5) is 0. The molecule has 0 saturated heterocycles. The SMILES string of the molecule is [B]C([B])=Cc1ccccc1B(O)O. The van der Waals surface area contributed by atoms with Crippen LogP contribution in [0.15, 0.2) is 29.6 Å². The molecule has 2 N–H and O–H groups in total. The van der Waals surface area contributed by atoms with Gasteiger partial charge < -0.3 is 10.0 Å². The van der Waals surface area contributed by atoms with Crippen LogP contribution in [0.3, 0.4) is 0 Å². The van der Waals surface area contributed by atoms with E-state index >= 15 is 0 Å². The molecule has 0 aliphatic rings. The smallest absolute Gasteiger partial charge is 0.423 e. The van der Waals surface area contributed by atoms with Gasteiger partial charge in [-0.3, -0.25) is 0 Å².